The average Bonchev–Trinajstić information content (AvgIpc) is 2.93. The molecule has 0 aliphatic carbocycles. The van der Waals surface area contributed by atoms with Gasteiger partial charge in [-0.25, -0.2) is 13.2 Å². The third kappa shape index (κ3) is 7.70. The molecule has 41 heavy (non-hydrogen) atoms. The summed E-state index contributed by atoms with van der Waals surface area (Å²) >= 11 is 0. The number of esters is 1. The molecule has 0 spiro atoms. The number of carbonyl (C=O) groups excluding carboxylic acids is 2. The molecule has 1 amide bonds. The van der Waals surface area contributed by atoms with Gasteiger partial charge in [-0.2, -0.15) is 13.2 Å². The van der Waals surface area contributed by atoms with E-state index in [0.717, 1.165) is 43.1 Å². The number of nitrogens with zero attached hydrogens (tertiary/aromatic N) is 2. The Kier molecular flexibility index (Phi) is 10.3. The first-order valence-electron chi connectivity index (χ1n) is 13.0. The molecule has 1 saturated heterocycles. The average molecular weight is 601 g/mol. The number of carbonyl (C=O) groups is 2. The summed E-state index contributed by atoms with van der Waals surface area (Å²) in [7, 11) is -0.716. The number of sulfonamides is 1. The molecule has 0 atom stereocenters. The van der Waals surface area contributed by atoms with Crippen LogP contribution in [0.4, 0.5) is 18.9 Å². The summed E-state index contributed by atoms with van der Waals surface area (Å²) in [6.45, 7) is 4.46. The van der Waals surface area contributed by atoms with Gasteiger partial charge in [0.1, 0.15) is 11.3 Å². The lowest BCUT2D eigenvalue weighted by Crippen LogP contribution is -2.36. The summed E-state index contributed by atoms with van der Waals surface area (Å²) in [6.07, 6.45) is -3.43. The molecular weight excluding hydrogens is 565 g/mol. The molecule has 1 heterocycles. The Labute approximate surface area is 238 Å². The highest BCUT2D eigenvalue weighted by atomic mass is 32.2. The lowest BCUT2D eigenvalue weighted by atomic mass is 10.0. The summed E-state index contributed by atoms with van der Waals surface area (Å²) in [6, 6.07) is 6.31. The van der Waals surface area contributed by atoms with Gasteiger partial charge >= 0.3 is 12.1 Å². The molecule has 13 heteroatoms. The Hall–Kier alpha value is -3.32. The first-order chi connectivity index (χ1) is 19.2. The minimum absolute atomic E-state index is 0.0974. The van der Waals surface area contributed by atoms with Crippen LogP contribution in [0.3, 0.4) is 0 Å². The first kappa shape index (κ1) is 32.2. The van der Waals surface area contributed by atoms with E-state index in [2.05, 4.69) is 0 Å². The van der Waals surface area contributed by atoms with Gasteiger partial charge in [0, 0.05) is 39.4 Å². The highest BCUT2D eigenvalue weighted by molar-refractivity contribution is 7.92. The van der Waals surface area contributed by atoms with Crippen LogP contribution in [0.25, 0.3) is 0 Å². The summed E-state index contributed by atoms with van der Waals surface area (Å²) in [5.74, 6) is -1.62. The minimum Gasteiger partial charge on any atom is -0.492 e. The van der Waals surface area contributed by atoms with E-state index in [-0.39, 0.29) is 41.9 Å². The zero-order valence-electron chi connectivity index (χ0n) is 23.7. The van der Waals surface area contributed by atoms with Gasteiger partial charge in [0.05, 0.1) is 29.9 Å². The van der Waals surface area contributed by atoms with E-state index < -0.39 is 44.2 Å². The number of ether oxygens (including phenoxy) is 3. The number of alkyl halides is 3. The fourth-order valence-corrected chi connectivity index (χ4v) is 6.02. The molecule has 0 bridgehead atoms. The van der Waals surface area contributed by atoms with Gasteiger partial charge in [0.2, 0.25) is 0 Å². The number of benzene rings is 2. The second-order valence-electron chi connectivity index (χ2n) is 10.4. The molecule has 0 N–H and O–H groups in total. The molecule has 2 aromatic carbocycles. The minimum atomic E-state index is -4.97. The van der Waals surface area contributed by atoms with E-state index in [1.54, 1.807) is 13.8 Å². The van der Waals surface area contributed by atoms with Crippen LogP contribution >= 0.6 is 0 Å². The molecule has 3 rings (SSSR count). The van der Waals surface area contributed by atoms with Crippen LogP contribution in [0.1, 0.15) is 53.0 Å². The molecule has 0 unspecified atom stereocenters. The molecule has 1 aliphatic heterocycles. The predicted octanol–water partition coefficient (Wildman–Crippen LogP) is 4.85. The molecule has 9 nitrogen and oxygen atoms in total. The molecule has 2 aromatic rings. The van der Waals surface area contributed by atoms with Crippen molar-refractivity contribution in [2.45, 2.75) is 37.8 Å². The quantitative estimate of drug-likeness (QED) is 0.359. The van der Waals surface area contributed by atoms with Crippen molar-refractivity contribution in [1.82, 2.24) is 4.90 Å². The maximum atomic E-state index is 14.3. The van der Waals surface area contributed by atoms with Crippen molar-refractivity contribution in [2.75, 3.05) is 51.9 Å². The van der Waals surface area contributed by atoms with E-state index >= 15 is 0 Å². The monoisotopic (exact) mass is 600 g/mol. The first-order valence-corrected chi connectivity index (χ1v) is 14.5. The number of hydrogen-bond acceptors (Lipinski definition) is 7. The number of anilines is 1. The zero-order chi connectivity index (χ0) is 30.5. The second kappa shape index (κ2) is 13.1. The zero-order valence-corrected chi connectivity index (χ0v) is 24.5. The van der Waals surface area contributed by atoms with Crippen molar-refractivity contribution in [3.05, 3.63) is 53.1 Å². The fourth-order valence-electron chi connectivity index (χ4n) is 4.34. The SMILES string of the molecule is COC(=O)c1cc(S(=O)(=O)N(CC(C)C)c2ccc(C(=O)N(C)C)cc2C(F)(F)F)ccc1OCC1CCOCC1. The van der Waals surface area contributed by atoms with Gasteiger partial charge in [0.25, 0.3) is 15.9 Å². The Morgan fingerprint density at radius 2 is 1.73 bits per heavy atom. The lowest BCUT2D eigenvalue weighted by Gasteiger charge is -2.29. The maximum absolute atomic E-state index is 14.3. The second-order valence-corrected chi connectivity index (χ2v) is 12.2. The predicted molar refractivity (Wildman–Crippen MR) is 146 cm³/mol. The summed E-state index contributed by atoms with van der Waals surface area (Å²) in [5, 5.41) is 0. The van der Waals surface area contributed by atoms with Crippen molar-refractivity contribution in [2.24, 2.45) is 11.8 Å². The summed E-state index contributed by atoms with van der Waals surface area (Å²) in [5.41, 5.74) is -2.33. The fraction of sp³-hybridized carbons (Fsp3) is 0.500. The Balaban J connectivity index is 2.10. The van der Waals surface area contributed by atoms with Gasteiger partial charge in [0.15, 0.2) is 0 Å². The van der Waals surface area contributed by atoms with E-state index in [9.17, 15) is 31.2 Å². The van der Waals surface area contributed by atoms with Crippen LogP contribution < -0.4 is 9.04 Å². The molecule has 226 valence electrons. The smallest absolute Gasteiger partial charge is 0.418 e. The number of hydrogen-bond donors (Lipinski definition) is 0. The largest absolute Gasteiger partial charge is 0.492 e. The van der Waals surface area contributed by atoms with Crippen LogP contribution in [-0.2, 0) is 25.7 Å². The third-order valence-corrected chi connectivity index (χ3v) is 8.29. The van der Waals surface area contributed by atoms with Gasteiger partial charge < -0.3 is 19.1 Å². The van der Waals surface area contributed by atoms with Gasteiger partial charge in [-0.1, -0.05) is 13.8 Å². The Morgan fingerprint density at radius 3 is 2.29 bits per heavy atom. The molecular formula is C28H35F3N2O7S. The van der Waals surface area contributed by atoms with Crippen molar-refractivity contribution in [1.29, 1.82) is 0 Å². The van der Waals surface area contributed by atoms with Gasteiger partial charge in [-0.3, -0.25) is 9.10 Å². The van der Waals surface area contributed by atoms with E-state index in [0.29, 0.717) is 23.6 Å². The Morgan fingerprint density at radius 1 is 1.07 bits per heavy atom. The van der Waals surface area contributed by atoms with Crippen LogP contribution in [0.5, 0.6) is 5.75 Å². The van der Waals surface area contributed by atoms with Crippen LogP contribution in [0.15, 0.2) is 41.3 Å². The highest BCUT2D eigenvalue weighted by Crippen LogP contribution is 2.40. The standard InChI is InChI=1S/C28H35F3N2O7S/c1-18(2)16-33(24-8-6-20(26(34)32(3)4)14-23(24)28(29,30)31)41(36,37)21-7-9-25(22(15-21)27(35)38-5)40-17-19-10-12-39-13-11-19/h6-9,14-15,18-19H,10-13,16-17H2,1-5H3. The van der Waals surface area contributed by atoms with Crippen LogP contribution in [0.2, 0.25) is 0 Å². The maximum Gasteiger partial charge on any atom is 0.418 e. The van der Waals surface area contributed by atoms with Crippen molar-refractivity contribution in [3.8, 4) is 5.75 Å². The van der Waals surface area contributed by atoms with Crippen molar-refractivity contribution in [3.63, 3.8) is 0 Å². The molecule has 0 radical (unpaired) electrons. The number of rotatable bonds is 10. The van der Waals surface area contributed by atoms with Crippen molar-refractivity contribution < 1.29 is 45.4 Å². The normalized spacial score (nSPS) is 14.6. The van der Waals surface area contributed by atoms with Crippen molar-refractivity contribution >= 4 is 27.6 Å². The summed E-state index contributed by atoms with van der Waals surface area (Å²) in [4.78, 5) is 25.7. The van der Waals surface area contributed by atoms with E-state index in [4.69, 9.17) is 14.2 Å². The highest BCUT2D eigenvalue weighted by Gasteiger charge is 2.39. The topological polar surface area (TPSA) is 102 Å². The molecule has 0 aromatic heterocycles. The Bertz CT molecular complexity index is 1350. The van der Waals surface area contributed by atoms with Crippen LogP contribution in [0, 0.1) is 11.8 Å². The van der Waals surface area contributed by atoms with Gasteiger partial charge in [-0.15, -0.1) is 0 Å². The molecule has 1 fully saturated rings. The number of methoxy groups -OCH3 is 1. The van der Waals surface area contributed by atoms with Gasteiger partial charge in [-0.05, 0) is 61.1 Å². The summed E-state index contributed by atoms with van der Waals surface area (Å²) < 4.78 is 87.3. The van der Waals surface area contributed by atoms with E-state index in [1.165, 1.54) is 26.2 Å². The van der Waals surface area contributed by atoms with E-state index in [1.807, 2.05) is 0 Å². The third-order valence-electron chi connectivity index (χ3n) is 6.51. The molecule has 0 saturated carbocycles. The molecule has 1 aliphatic rings. The number of halogens is 3. The number of amides is 1. The van der Waals surface area contributed by atoms with Crippen LogP contribution in [-0.4, -0.2) is 72.8 Å². The lowest BCUT2D eigenvalue weighted by molar-refractivity contribution is -0.137.